The molecule has 1 unspecified atom stereocenters. The highest BCUT2D eigenvalue weighted by Gasteiger charge is 2.14. The highest BCUT2D eigenvalue weighted by molar-refractivity contribution is 7.99. The fraction of sp³-hybridized carbons (Fsp3) is 0.600. The molecule has 7 nitrogen and oxygen atoms in total. The van der Waals surface area contributed by atoms with E-state index in [0.717, 1.165) is 16.2 Å². The second-order valence-electron chi connectivity index (χ2n) is 3.73. The molecule has 0 bridgehead atoms. The number of carboxylic acid groups (broad SMARTS) is 1. The third-order valence-electron chi connectivity index (χ3n) is 2.02. The highest BCUT2D eigenvalue weighted by atomic mass is 32.2. The number of carbonyl (C=O) groups is 2. The first-order valence-electron chi connectivity index (χ1n) is 5.53. The number of thioether (sulfide) groups is 1. The topological polar surface area (TPSA) is 97.1 Å². The number of carbonyl (C=O) groups excluding carboxylic acids is 1. The summed E-state index contributed by atoms with van der Waals surface area (Å²) < 4.78 is 1.11. The maximum absolute atomic E-state index is 11.7. The van der Waals surface area contributed by atoms with Gasteiger partial charge in [0.05, 0.1) is 6.20 Å². The summed E-state index contributed by atoms with van der Waals surface area (Å²) in [5.74, 6) is 0.455. The average Bonchev–Trinajstić information content (AvgIpc) is 2.73. The van der Waals surface area contributed by atoms with Gasteiger partial charge in [-0.15, -0.1) is 5.10 Å². The van der Waals surface area contributed by atoms with Gasteiger partial charge in [-0.2, -0.15) is 11.8 Å². The molecule has 0 spiro atoms. The first-order chi connectivity index (χ1) is 8.52. The molecule has 1 aromatic rings. The van der Waals surface area contributed by atoms with E-state index >= 15 is 0 Å². The van der Waals surface area contributed by atoms with Crippen LogP contribution in [0.25, 0.3) is 0 Å². The molecule has 0 aliphatic rings. The predicted molar refractivity (Wildman–Crippen MR) is 67.6 cm³/mol. The van der Waals surface area contributed by atoms with Crippen molar-refractivity contribution in [2.45, 2.75) is 26.4 Å². The van der Waals surface area contributed by atoms with E-state index < -0.39 is 5.97 Å². The molecule has 0 saturated carbocycles. The third-order valence-corrected chi connectivity index (χ3v) is 3.16. The Balaban J connectivity index is 2.51. The molecule has 0 aliphatic heterocycles. The quantitative estimate of drug-likeness (QED) is 0.737. The number of aliphatic carboxylic acids is 1. The van der Waals surface area contributed by atoms with E-state index in [4.69, 9.17) is 5.11 Å². The third kappa shape index (κ3) is 4.74. The molecule has 0 fully saturated rings. The maximum Gasteiger partial charge on any atom is 0.325 e. The molecule has 1 aromatic heterocycles. The Labute approximate surface area is 109 Å². The van der Waals surface area contributed by atoms with Crippen LogP contribution < -0.4 is 5.32 Å². The molecule has 1 heterocycles. The predicted octanol–water partition coefficient (Wildman–Crippen LogP) is 0.234. The molecule has 8 heteroatoms. The average molecular weight is 272 g/mol. The van der Waals surface area contributed by atoms with Crippen LogP contribution in [0.1, 0.15) is 24.3 Å². The summed E-state index contributed by atoms with van der Waals surface area (Å²) >= 11 is 1.73. The summed E-state index contributed by atoms with van der Waals surface area (Å²) in [4.78, 5) is 22.2. The van der Waals surface area contributed by atoms with Gasteiger partial charge in [0.25, 0.3) is 5.91 Å². The molecule has 1 amide bonds. The van der Waals surface area contributed by atoms with Crippen LogP contribution in [0.4, 0.5) is 0 Å². The van der Waals surface area contributed by atoms with Crippen LogP contribution in [0.3, 0.4) is 0 Å². The number of nitrogens with one attached hydrogen (secondary N) is 1. The summed E-state index contributed by atoms with van der Waals surface area (Å²) in [6.45, 7) is 3.65. The van der Waals surface area contributed by atoms with Crippen LogP contribution in [0.2, 0.25) is 0 Å². The van der Waals surface area contributed by atoms with Crippen molar-refractivity contribution in [2.24, 2.45) is 0 Å². The number of rotatable bonds is 7. The van der Waals surface area contributed by atoms with Gasteiger partial charge in [0, 0.05) is 11.8 Å². The fourth-order valence-corrected chi connectivity index (χ4v) is 1.92. The van der Waals surface area contributed by atoms with E-state index in [1.165, 1.54) is 6.20 Å². The lowest BCUT2D eigenvalue weighted by Crippen LogP contribution is -2.34. The summed E-state index contributed by atoms with van der Waals surface area (Å²) in [7, 11) is 0. The van der Waals surface area contributed by atoms with Crippen molar-refractivity contribution in [3.05, 3.63) is 11.9 Å². The van der Waals surface area contributed by atoms with Crippen molar-refractivity contribution in [3.63, 3.8) is 0 Å². The Morgan fingerprint density at radius 1 is 1.61 bits per heavy atom. The Bertz CT molecular complexity index is 421. The molecule has 100 valence electrons. The number of hydrogen-bond acceptors (Lipinski definition) is 5. The fourth-order valence-electron chi connectivity index (χ4n) is 1.25. The minimum absolute atomic E-state index is 0.0343. The molecule has 0 saturated heterocycles. The first-order valence-corrected chi connectivity index (χ1v) is 6.69. The first kappa shape index (κ1) is 14.5. The molecular weight excluding hydrogens is 256 g/mol. The number of aromatic nitrogens is 3. The zero-order valence-electron chi connectivity index (χ0n) is 10.3. The van der Waals surface area contributed by atoms with Crippen molar-refractivity contribution in [2.75, 3.05) is 11.5 Å². The Kier molecular flexibility index (Phi) is 5.63. The van der Waals surface area contributed by atoms with Crippen molar-refractivity contribution in [3.8, 4) is 0 Å². The van der Waals surface area contributed by atoms with Gasteiger partial charge in [0.15, 0.2) is 5.69 Å². The Hall–Kier alpha value is -1.57. The van der Waals surface area contributed by atoms with Gasteiger partial charge in [-0.1, -0.05) is 12.1 Å². The number of hydrogen-bond donors (Lipinski definition) is 2. The van der Waals surface area contributed by atoms with Gasteiger partial charge in [-0.05, 0) is 12.7 Å². The summed E-state index contributed by atoms with van der Waals surface area (Å²) in [6, 6.07) is 0.0343. The number of amides is 1. The molecule has 18 heavy (non-hydrogen) atoms. The van der Waals surface area contributed by atoms with Crippen molar-refractivity contribution in [1.29, 1.82) is 0 Å². The molecule has 0 aromatic carbocycles. The Morgan fingerprint density at radius 3 is 2.94 bits per heavy atom. The molecular formula is C10H16N4O3S. The van der Waals surface area contributed by atoms with Crippen LogP contribution >= 0.6 is 11.8 Å². The zero-order valence-corrected chi connectivity index (χ0v) is 11.1. The van der Waals surface area contributed by atoms with Crippen LogP contribution in [0.5, 0.6) is 0 Å². The summed E-state index contributed by atoms with van der Waals surface area (Å²) in [6.07, 6.45) is 1.32. The molecule has 0 aliphatic carbocycles. The minimum atomic E-state index is -1.03. The normalized spacial score (nSPS) is 12.1. The second kappa shape index (κ2) is 7.00. The van der Waals surface area contributed by atoms with Crippen LogP contribution in [0, 0.1) is 0 Å². The Morgan fingerprint density at radius 2 is 2.33 bits per heavy atom. The lowest BCUT2D eigenvalue weighted by Gasteiger charge is -2.11. The lowest BCUT2D eigenvalue weighted by atomic mass is 10.3. The van der Waals surface area contributed by atoms with Gasteiger partial charge in [-0.3, -0.25) is 9.59 Å². The molecule has 2 N–H and O–H groups in total. The summed E-state index contributed by atoms with van der Waals surface area (Å²) in [5.41, 5.74) is 0.129. The van der Waals surface area contributed by atoms with E-state index in [0.29, 0.717) is 0 Å². The van der Waals surface area contributed by atoms with Gasteiger partial charge in [0.2, 0.25) is 0 Å². The van der Waals surface area contributed by atoms with E-state index in [1.807, 2.05) is 6.92 Å². The van der Waals surface area contributed by atoms with E-state index in [2.05, 4.69) is 22.6 Å². The SMILES string of the molecule is CCSCC(C)NC(=O)c1cn(CC(=O)O)nn1. The van der Waals surface area contributed by atoms with Crippen molar-refractivity contribution in [1.82, 2.24) is 20.3 Å². The van der Waals surface area contributed by atoms with Crippen LogP contribution in [-0.2, 0) is 11.3 Å². The van der Waals surface area contributed by atoms with E-state index in [-0.39, 0.29) is 24.2 Å². The monoisotopic (exact) mass is 272 g/mol. The second-order valence-corrected chi connectivity index (χ2v) is 5.05. The molecule has 1 atom stereocenters. The number of nitrogens with zero attached hydrogens (tertiary/aromatic N) is 3. The summed E-state index contributed by atoms with van der Waals surface area (Å²) in [5, 5.41) is 18.5. The largest absolute Gasteiger partial charge is 0.480 e. The maximum atomic E-state index is 11.7. The van der Waals surface area contributed by atoms with Gasteiger partial charge < -0.3 is 10.4 Å². The number of carboxylic acids is 1. The minimum Gasteiger partial charge on any atom is -0.480 e. The van der Waals surface area contributed by atoms with Gasteiger partial charge >= 0.3 is 5.97 Å². The van der Waals surface area contributed by atoms with Gasteiger partial charge in [-0.25, -0.2) is 4.68 Å². The van der Waals surface area contributed by atoms with Crippen molar-refractivity contribution < 1.29 is 14.7 Å². The zero-order chi connectivity index (χ0) is 13.5. The standard InChI is InChI=1S/C10H16N4O3S/c1-3-18-6-7(2)11-10(17)8-4-14(13-12-8)5-9(15)16/h4,7H,3,5-6H2,1-2H3,(H,11,17)(H,15,16). The molecule has 0 radical (unpaired) electrons. The van der Waals surface area contributed by atoms with E-state index in [9.17, 15) is 9.59 Å². The van der Waals surface area contributed by atoms with Crippen LogP contribution in [-0.4, -0.2) is 49.5 Å². The van der Waals surface area contributed by atoms with Gasteiger partial charge in [0.1, 0.15) is 6.54 Å². The smallest absolute Gasteiger partial charge is 0.325 e. The molecule has 1 rings (SSSR count). The van der Waals surface area contributed by atoms with Crippen LogP contribution in [0.15, 0.2) is 6.20 Å². The van der Waals surface area contributed by atoms with E-state index in [1.54, 1.807) is 11.8 Å². The van der Waals surface area contributed by atoms with Crippen molar-refractivity contribution >= 4 is 23.6 Å². The lowest BCUT2D eigenvalue weighted by molar-refractivity contribution is -0.137. The highest BCUT2D eigenvalue weighted by Crippen LogP contribution is 2.02.